The van der Waals surface area contributed by atoms with Gasteiger partial charge in [0.2, 0.25) is 11.8 Å². The van der Waals surface area contributed by atoms with Gasteiger partial charge in [-0.15, -0.1) is 10.2 Å². The molecule has 0 bridgehead atoms. The van der Waals surface area contributed by atoms with Gasteiger partial charge in [-0.2, -0.15) is 0 Å². The Bertz CT molecular complexity index is 266. The number of hydrogen-bond donors (Lipinski definition) is 1. The second-order valence-corrected chi connectivity index (χ2v) is 3.47. The molecular formula is C9H15N3O. The third-order valence-corrected chi connectivity index (χ3v) is 2.36. The fourth-order valence-corrected chi connectivity index (χ4v) is 1.61. The van der Waals surface area contributed by atoms with Gasteiger partial charge in [0.15, 0.2) is 0 Å². The predicted molar refractivity (Wildman–Crippen MR) is 48.5 cm³/mol. The third-order valence-electron chi connectivity index (χ3n) is 2.36. The topological polar surface area (TPSA) is 51.0 Å². The van der Waals surface area contributed by atoms with E-state index in [1.165, 1.54) is 0 Å². The number of nitrogens with zero attached hydrogens (tertiary/aromatic N) is 2. The van der Waals surface area contributed by atoms with Gasteiger partial charge in [-0.1, -0.05) is 6.92 Å². The predicted octanol–water partition coefficient (Wildman–Crippen LogP) is 1.10. The van der Waals surface area contributed by atoms with Gasteiger partial charge in [-0.25, -0.2) is 0 Å². The highest BCUT2D eigenvalue weighted by Crippen LogP contribution is 2.20. The van der Waals surface area contributed by atoms with E-state index < -0.39 is 0 Å². The Hall–Kier alpha value is -0.900. The summed E-state index contributed by atoms with van der Waals surface area (Å²) < 4.78 is 5.55. The molecule has 0 unspecified atom stereocenters. The minimum Gasteiger partial charge on any atom is -0.425 e. The van der Waals surface area contributed by atoms with Crippen molar-refractivity contribution >= 4 is 0 Å². The first kappa shape index (κ1) is 8.69. The van der Waals surface area contributed by atoms with Crippen LogP contribution in [0.2, 0.25) is 0 Å². The van der Waals surface area contributed by atoms with E-state index in [0.29, 0.717) is 5.92 Å². The quantitative estimate of drug-likeness (QED) is 0.758. The molecule has 13 heavy (non-hydrogen) atoms. The highest BCUT2D eigenvalue weighted by Gasteiger charge is 2.21. The van der Waals surface area contributed by atoms with Crippen molar-refractivity contribution in [3.8, 4) is 0 Å². The summed E-state index contributed by atoms with van der Waals surface area (Å²) in [5, 5.41) is 11.4. The van der Waals surface area contributed by atoms with Crippen molar-refractivity contribution in [2.45, 2.75) is 32.1 Å². The molecule has 1 aromatic heterocycles. The van der Waals surface area contributed by atoms with Crippen molar-refractivity contribution in [3.63, 3.8) is 0 Å². The van der Waals surface area contributed by atoms with Gasteiger partial charge in [0.1, 0.15) is 0 Å². The lowest BCUT2D eigenvalue weighted by molar-refractivity contribution is 0.421. The molecule has 1 atom stereocenters. The molecule has 0 aromatic carbocycles. The molecule has 2 heterocycles. The number of hydrogen-bond acceptors (Lipinski definition) is 4. The van der Waals surface area contributed by atoms with Crippen LogP contribution >= 0.6 is 0 Å². The van der Waals surface area contributed by atoms with Gasteiger partial charge in [-0.3, -0.25) is 0 Å². The first-order chi connectivity index (χ1) is 6.40. The van der Waals surface area contributed by atoms with E-state index in [4.69, 9.17) is 4.42 Å². The maximum Gasteiger partial charge on any atom is 0.220 e. The van der Waals surface area contributed by atoms with E-state index >= 15 is 0 Å². The summed E-state index contributed by atoms with van der Waals surface area (Å²) in [4.78, 5) is 0. The highest BCUT2D eigenvalue weighted by atomic mass is 16.4. The van der Waals surface area contributed by atoms with Crippen LogP contribution < -0.4 is 5.32 Å². The van der Waals surface area contributed by atoms with E-state index in [2.05, 4.69) is 22.4 Å². The van der Waals surface area contributed by atoms with Crippen LogP contribution in [0.25, 0.3) is 0 Å². The Balaban J connectivity index is 2.03. The molecule has 0 amide bonds. The van der Waals surface area contributed by atoms with Crippen molar-refractivity contribution in [1.29, 1.82) is 0 Å². The van der Waals surface area contributed by atoms with Gasteiger partial charge >= 0.3 is 0 Å². The lowest BCUT2D eigenvalue weighted by atomic mass is 10.1. The van der Waals surface area contributed by atoms with E-state index in [1.54, 1.807) is 0 Å². The molecule has 0 saturated carbocycles. The van der Waals surface area contributed by atoms with E-state index in [9.17, 15) is 0 Å². The van der Waals surface area contributed by atoms with Crippen molar-refractivity contribution in [3.05, 3.63) is 11.8 Å². The van der Waals surface area contributed by atoms with Crippen molar-refractivity contribution in [2.24, 2.45) is 0 Å². The summed E-state index contributed by atoms with van der Waals surface area (Å²) in [6.07, 6.45) is 3.07. The van der Waals surface area contributed by atoms with Crippen LogP contribution in [0.4, 0.5) is 0 Å². The molecule has 1 aliphatic heterocycles. The van der Waals surface area contributed by atoms with Gasteiger partial charge in [0.05, 0.1) is 5.92 Å². The fourth-order valence-electron chi connectivity index (χ4n) is 1.61. The van der Waals surface area contributed by atoms with Crippen LogP contribution in [0.1, 0.15) is 37.5 Å². The summed E-state index contributed by atoms with van der Waals surface area (Å²) in [7, 11) is 0. The van der Waals surface area contributed by atoms with Crippen LogP contribution in [0.5, 0.6) is 0 Å². The summed E-state index contributed by atoms with van der Waals surface area (Å²) in [5.74, 6) is 2.04. The average Bonchev–Trinajstić information content (AvgIpc) is 2.70. The van der Waals surface area contributed by atoms with Gasteiger partial charge in [-0.05, 0) is 19.4 Å². The van der Waals surface area contributed by atoms with Gasteiger partial charge in [0.25, 0.3) is 0 Å². The normalized spacial score (nSPS) is 22.4. The van der Waals surface area contributed by atoms with Gasteiger partial charge < -0.3 is 9.73 Å². The van der Waals surface area contributed by atoms with Crippen molar-refractivity contribution in [2.75, 3.05) is 13.1 Å². The van der Waals surface area contributed by atoms with Crippen molar-refractivity contribution in [1.82, 2.24) is 15.5 Å². The van der Waals surface area contributed by atoms with E-state index in [1.807, 2.05) is 0 Å². The third kappa shape index (κ3) is 1.88. The average molecular weight is 181 g/mol. The Morgan fingerprint density at radius 1 is 1.54 bits per heavy atom. The Morgan fingerprint density at radius 3 is 3.15 bits per heavy atom. The molecule has 4 nitrogen and oxygen atoms in total. The summed E-state index contributed by atoms with van der Waals surface area (Å²) in [6, 6.07) is 0. The second-order valence-electron chi connectivity index (χ2n) is 3.47. The summed E-state index contributed by atoms with van der Waals surface area (Å²) in [6.45, 7) is 4.16. The number of rotatable bonds is 3. The highest BCUT2D eigenvalue weighted by molar-refractivity contribution is 4.96. The maximum atomic E-state index is 5.55. The number of aryl methyl sites for hydroxylation is 1. The molecule has 2 rings (SSSR count). The minimum absolute atomic E-state index is 0.443. The Morgan fingerprint density at radius 2 is 2.46 bits per heavy atom. The van der Waals surface area contributed by atoms with Crippen LogP contribution in [-0.2, 0) is 6.42 Å². The molecule has 4 heteroatoms. The molecule has 1 fully saturated rings. The molecule has 1 saturated heterocycles. The van der Waals surface area contributed by atoms with E-state index in [0.717, 1.165) is 44.1 Å². The van der Waals surface area contributed by atoms with Crippen molar-refractivity contribution < 1.29 is 4.42 Å². The summed E-state index contributed by atoms with van der Waals surface area (Å²) >= 11 is 0. The first-order valence-corrected chi connectivity index (χ1v) is 4.93. The lowest BCUT2D eigenvalue weighted by Crippen LogP contribution is -2.08. The molecule has 1 N–H and O–H groups in total. The van der Waals surface area contributed by atoms with Crippen LogP contribution in [0.3, 0.4) is 0 Å². The zero-order chi connectivity index (χ0) is 9.10. The molecule has 1 aliphatic rings. The second kappa shape index (κ2) is 3.87. The minimum atomic E-state index is 0.443. The Labute approximate surface area is 77.7 Å². The monoisotopic (exact) mass is 181 g/mol. The molecule has 0 radical (unpaired) electrons. The zero-order valence-corrected chi connectivity index (χ0v) is 7.92. The standard InChI is InChI=1S/C9H15N3O/c1-2-3-8-11-12-9(13-8)7-4-5-10-6-7/h7,10H,2-6H2,1H3/t7-/m0/s1. The fraction of sp³-hybridized carbons (Fsp3) is 0.778. The lowest BCUT2D eigenvalue weighted by Gasteiger charge is -1.99. The van der Waals surface area contributed by atoms with Crippen LogP contribution in [-0.4, -0.2) is 23.3 Å². The summed E-state index contributed by atoms with van der Waals surface area (Å²) in [5.41, 5.74) is 0. The molecule has 72 valence electrons. The SMILES string of the molecule is CCCc1nnc([C@H]2CCNC2)o1. The number of nitrogens with one attached hydrogen (secondary N) is 1. The first-order valence-electron chi connectivity index (χ1n) is 4.93. The largest absolute Gasteiger partial charge is 0.425 e. The zero-order valence-electron chi connectivity index (χ0n) is 7.92. The number of aromatic nitrogens is 2. The van der Waals surface area contributed by atoms with Crippen LogP contribution in [0.15, 0.2) is 4.42 Å². The molecule has 0 spiro atoms. The molecule has 0 aliphatic carbocycles. The maximum absolute atomic E-state index is 5.55. The van der Waals surface area contributed by atoms with E-state index in [-0.39, 0.29) is 0 Å². The molecule has 1 aromatic rings. The van der Waals surface area contributed by atoms with Crippen LogP contribution in [0, 0.1) is 0 Å². The van der Waals surface area contributed by atoms with Gasteiger partial charge in [0, 0.05) is 13.0 Å². The Kier molecular flexibility index (Phi) is 2.59. The smallest absolute Gasteiger partial charge is 0.220 e. The molecular weight excluding hydrogens is 166 g/mol.